The zero-order valence-electron chi connectivity index (χ0n) is 28.7. The Labute approximate surface area is 284 Å². The summed E-state index contributed by atoms with van der Waals surface area (Å²) in [6, 6.07) is 0. The second-order valence-corrected chi connectivity index (χ2v) is 11.5. The molecule has 0 radical (unpaired) electrons. The van der Waals surface area contributed by atoms with Gasteiger partial charge in [0.15, 0.2) is 31.1 Å². The minimum atomic E-state index is -2.86. The summed E-state index contributed by atoms with van der Waals surface area (Å²) in [6.45, 7) is 3.76. The average molecular weight is 723 g/mol. The van der Waals surface area contributed by atoms with Crippen molar-refractivity contribution < 1.29 is 97.7 Å². The third-order valence-corrected chi connectivity index (χ3v) is 8.13. The van der Waals surface area contributed by atoms with Gasteiger partial charge in [0.1, 0.15) is 48.8 Å². The first-order chi connectivity index (χ1) is 23.1. The molecule has 3 fully saturated rings. The molecule has 290 valence electrons. The summed E-state index contributed by atoms with van der Waals surface area (Å²) in [4.78, 5) is 0. The monoisotopic (exact) mass is 722 g/mol. The van der Waals surface area contributed by atoms with E-state index in [9.17, 15) is 35.7 Å². The highest BCUT2D eigenvalue weighted by Gasteiger charge is 2.61. The van der Waals surface area contributed by atoms with Gasteiger partial charge in [-0.2, -0.15) is 0 Å². The lowest BCUT2D eigenvalue weighted by molar-refractivity contribution is -0.431. The van der Waals surface area contributed by atoms with E-state index >= 15 is 0 Å². The molecular formula is C29H54O20. The standard InChI is InChI=1S/C27H50O19.C2H4O/c1-12(38-5)8-41-18-16(28)17(45-25-22(40-7)26(31,32)19(29)14(44-25)10-36-3)13(9-35-2)43-24(18)46-20-15(11-37-4)42-23(30)21(39-6)27(20,33)34;1-2-3/h12-25,28-34H,8-11H2,1-7H3;2-3H,1H2/t12?,13?,14-,15-,16?,17+,18-,19+,20+,21?,22?,23+,24-,25-;/m0./s1. The Morgan fingerprint density at radius 1 is 0.694 bits per heavy atom. The van der Waals surface area contributed by atoms with Crippen LogP contribution in [0.25, 0.3) is 0 Å². The Kier molecular flexibility index (Phi) is 18.1. The quantitative estimate of drug-likeness (QED) is 0.0558. The zero-order chi connectivity index (χ0) is 37.1. The van der Waals surface area contributed by atoms with Crippen molar-refractivity contribution >= 4 is 0 Å². The van der Waals surface area contributed by atoms with Crippen molar-refractivity contribution in [3.05, 3.63) is 12.8 Å². The molecular weight excluding hydrogens is 668 g/mol. The Morgan fingerprint density at radius 3 is 1.76 bits per heavy atom. The Balaban J connectivity index is 0.00000267. The van der Waals surface area contributed by atoms with Crippen LogP contribution in [0.1, 0.15) is 6.92 Å². The molecule has 5 unspecified atom stereocenters. The van der Waals surface area contributed by atoms with E-state index in [0.29, 0.717) is 0 Å². The fraction of sp³-hybridized carbons (Fsp3) is 0.931. The van der Waals surface area contributed by atoms with E-state index < -0.39 is 97.6 Å². The molecule has 20 heteroatoms. The number of hydrogen-bond donors (Lipinski definition) is 8. The van der Waals surface area contributed by atoms with Crippen LogP contribution >= 0.6 is 0 Å². The minimum Gasteiger partial charge on any atom is -0.516 e. The maximum Gasteiger partial charge on any atom is 0.224 e. The zero-order valence-corrected chi connectivity index (χ0v) is 28.7. The second kappa shape index (κ2) is 20.1. The third-order valence-electron chi connectivity index (χ3n) is 8.13. The Morgan fingerprint density at radius 2 is 1.22 bits per heavy atom. The van der Waals surface area contributed by atoms with Crippen LogP contribution in [0.5, 0.6) is 0 Å². The predicted molar refractivity (Wildman–Crippen MR) is 161 cm³/mol. The summed E-state index contributed by atoms with van der Waals surface area (Å²) < 4.78 is 66.5. The lowest BCUT2D eigenvalue weighted by atomic mass is 9.93. The molecule has 0 aromatic carbocycles. The van der Waals surface area contributed by atoms with Crippen LogP contribution in [0.4, 0.5) is 0 Å². The molecule has 3 heterocycles. The number of rotatable bonds is 16. The van der Waals surface area contributed by atoms with Gasteiger partial charge in [-0.1, -0.05) is 6.58 Å². The summed E-state index contributed by atoms with van der Waals surface area (Å²) >= 11 is 0. The van der Waals surface area contributed by atoms with E-state index in [2.05, 4.69) is 6.58 Å². The van der Waals surface area contributed by atoms with Gasteiger partial charge in [-0.15, -0.1) is 0 Å². The molecule has 49 heavy (non-hydrogen) atoms. The fourth-order valence-corrected chi connectivity index (χ4v) is 5.64. The summed E-state index contributed by atoms with van der Waals surface area (Å²) in [6.07, 6.45) is -19.8. The molecule has 0 saturated carbocycles. The topological polar surface area (TPSA) is 273 Å². The van der Waals surface area contributed by atoms with Crippen LogP contribution in [0, 0.1) is 0 Å². The lowest BCUT2D eigenvalue weighted by Gasteiger charge is -2.51. The maximum atomic E-state index is 11.7. The van der Waals surface area contributed by atoms with Crippen molar-refractivity contribution in [3.8, 4) is 0 Å². The van der Waals surface area contributed by atoms with Gasteiger partial charge >= 0.3 is 0 Å². The number of ether oxygens (including phenoxy) is 12. The van der Waals surface area contributed by atoms with E-state index in [1.807, 2.05) is 0 Å². The first kappa shape index (κ1) is 43.9. The summed E-state index contributed by atoms with van der Waals surface area (Å²) in [5.74, 6) is -5.72. The van der Waals surface area contributed by atoms with Gasteiger partial charge in [0.05, 0.1) is 38.8 Å². The van der Waals surface area contributed by atoms with E-state index in [0.717, 1.165) is 20.5 Å². The van der Waals surface area contributed by atoms with Gasteiger partial charge < -0.3 is 97.7 Å². The molecule has 0 aromatic rings. The van der Waals surface area contributed by atoms with Gasteiger partial charge in [0, 0.05) is 42.7 Å². The number of aliphatic hydroxyl groups is 8. The highest BCUT2D eigenvalue weighted by atomic mass is 16.8. The molecule has 0 amide bonds. The van der Waals surface area contributed by atoms with Crippen molar-refractivity contribution in [2.45, 2.75) is 105 Å². The van der Waals surface area contributed by atoms with Crippen molar-refractivity contribution in [1.29, 1.82) is 0 Å². The van der Waals surface area contributed by atoms with Crippen molar-refractivity contribution in [2.24, 2.45) is 0 Å². The van der Waals surface area contributed by atoms with Crippen molar-refractivity contribution in [2.75, 3.05) is 69.1 Å². The fourth-order valence-electron chi connectivity index (χ4n) is 5.64. The molecule has 3 aliphatic heterocycles. The molecule has 8 N–H and O–H groups in total. The first-order valence-corrected chi connectivity index (χ1v) is 15.3. The van der Waals surface area contributed by atoms with Gasteiger partial charge in [0.2, 0.25) is 11.6 Å². The van der Waals surface area contributed by atoms with E-state index in [-0.39, 0.29) is 26.4 Å². The van der Waals surface area contributed by atoms with Crippen LogP contribution in [0.15, 0.2) is 12.8 Å². The van der Waals surface area contributed by atoms with Crippen molar-refractivity contribution in [3.63, 3.8) is 0 Å². The molecule has 14 atom stereocenters. The van der Waals surface area contributed by atoms with E-state index in [4.69, 9.17) is 61.9 Å². The van der Waals surface area contributed by atoms with Crippen LogP contribution in [-0.2, 0) is 56.8 Å². The van der Waals surface area contributed by atoms with Crippen LogP contribution in [0.3, 0.4) is 0 Å². The van der Waals surface area contributed by atoms with E-state index in [1.54, 1.807) is 6.92 Å². The van der Waals surface area contributed by atoms with E-state index in [1.165, 1.54) is 28.4 Å². The largest absolute Gasteiger partial charge is 0.516 e. The van der Waals surface area contributed by atoms with Gasteiger partial charge in [0.25, 0.3) is 0 Å². The minimum absolute atomic E-state index is 0.103. The Bertz CT molecular complexity index is 942. The number of hydrogen-bond acceptors (Lipinski definition) is 20. The highest BCUT2D eigenvalue weighted by Crippen LogP contribution is 2.38. The maximum absolute atomic E-state index is 11.7. The third kappa shape index (κ3) is 10.4. The molecule has 0 aromatic heterocycles. The number of methoxy groups -OCH3 is 6. The van der Waals surface area contributed by atoms with Crippen LogP contribution < -0.4 is 0 Å². The molecule has 0 spiro atoms. The van der Waals surface area contributed by atoms with Gasteiger partial charge in [-0.05, 0) is 6.92 Å². The number of aliphatic hydroxyl groups excluding tert-OH is 4. The Hall–Kier alpha value is -1.22. The molecule has 0 bridgehead atoms. The first-order valence-electron chi connectivity index (χ1n) is 15.3. The average Bonchev–Trinajstić information content (AvgIpc) is 3.03. The predicted octanol–water partition coefficient (Wildman–Crippen LogP) is -3.92. The SMILES string of the molecule is C=CO.COCC1O[C@@H](O[C@@H]2[C@H](COC)O[C@@H](O)C(OC)C2(O)O)[C@@H](OCC(C)OC)C(O)[C@@H]1O[C@@H]1O[C@@H](COC)[C@@H](O)C(O)(O)C1OC. The summed E-state index contributed by atoms with van der Waals surface area (Å²) in [7, 11) is 7.70. The van der Waals surface area contributed by atoms with Gasteiger partial charge in [-0.25, -0.2) is 0 Å². The summed E-state index contributed by atoms with van der Waals surface area (Å²) in [5, 5.41) is 83.6. The highest BCUT2D eigenvalue weighted by molar-refractivity contribution is 5.00. The van der Waals surface area contributed by atoms with Crippen LogP contribution in [0.2, 0.25) is 0 Å². The lowest BCUT2D eigenvalue weighted by Crippen LogP contribution is -2.71. The second-order valence-electron chi connectivity index (χ2n) is 11.5. The smallest absolute Gasteiger partial charge is 0.224 e. The molecule has 3 rings (SSSR count). The molecule has 0 aliphatic carbocycles. The van der Waals surface area contributed by atoms with Gasteiger partial charge in [-0.3, -0.25) is 0 Å². The van der Waals surface area contributed by atoms with Crippen molar-refractivity contribution in [1.82, 2.24) is 0 Å². The molecule has 3 saturated heterocycles. The molecule has 3 aliphatic rings. The van der Waals surface area contributed by atoms with Crippen LogP contribution in [-0.4, -0.2) is 208 Å². The normalized spacial score (nSPS) is 39.4. The summed E-state index contributed by atoms with van der Waals surface area (Å²) in [5.41, 5.74) is 0. The molecule has 20 nitrogen and oxygen atoms in total.